The fourth-order valence-electron chi connectivity index (χ4n) is 3.41. The number of nitrogens with zero attached hydrogens (tertiary/aromatic N) is 2. The van der Waals surface area contributed by atoms with Gasteiger partial charge in [0, 0.05) is 38.1 Å². The monoisotopic (exact) mass is 310 g/mol. The summed E-state index contributed by atoms with van der Waals surface area (Å²) in [7, 11) is 0. The molecule has 0 amide bonds. The van der Waals surface area contributed by atoms with Crippen LogP contribution in [-0.4, -0.2) is 66.6 Å². The van der Waals surface area contributed by atoms with Crippen LogP contribution in [0.5, 0.6) is 0 Å². The van der Waals surface area contributed by atoms with E-state index in [1.165, 1.54) is 25.9 Å². The summed E-state index contributed by atoms with van der Waals surface area (Å²) in [6.45, 7) is 13.5. The maximum Gasteiger partial charge on any atom is 0.149 e. The summed E-state index contributed by atoms with van der Waals surface area (Å²) >= 11 is 0. The molecule has 0 aromatic rings. The third-order valence-corrected chi connectivity index (χ3v) is 5.15. The first-order chi connectivity index (χ1) is 10.5. The highest BCUT2D eigenvalue weighted by molar-refractivity contribution is 5.82. The molecule has 0 radical (unpaired) electrons. The molecular weight excluding hydrogens is 276 g/mol. The summed E-state index contributed by atoms with van der Waals surface area (Å²) in [5.74, 6) is 0.514. The normalized spacial score (nSPS) is 23.5. The minimum Gasteiger partial charge on any atom is -0.375 e. The highest BCUT2D eigenvalue weighted by Crippen LogP contribution is 2.22. The van der Waals surface area contributed by atoms with Crippen molar-refractivity contribution in [3.63, 3.8) is 0 Å². The summed E-state index contributed by atoms with van der Waals surface area (Å²) < 4.78 is 6.32. The van der Waals surface area contributed by atoms with Crippen LogP contribution in [0, 0.1) is 5.92 Å². The third kappa shape index (κ3) is 5.32. The van der Waals surface area contributed by atoms with Crippen molar-refractivity contribution in [2.75, 3.05) is 32.7 Å². The van der Waals surface area contributed by atoms with Gasteiger partial charge < -0.3 is 9.64 Å². The number of likely N-dealkylation sites (tertiary alicyclic amines) is 2. The van der Waals surface area contributed by atoms with Crippen molar-refractivity contribution in [1.29, 1.82) is 0 Å². The number of carbonyl (C=O) groups excluding carboxylic acids is 1. The van der Waals surface area contributed by atoms with E-state index in [0.717, 1.165) is 25.9 Å². The van der Waals surface area contributed by atoms with Crippen molar-refractivity contribution < 1.29 is 9.53 Å². The molecule has 2 aliphatic heterocycles. The van der Waals surface area contributed by atoms with Gasteiger partial charge in [-0.1, -0.05) is 13.8 Å². The molecule has 0 atom stereocenters. The molecule has 0 spiro atoms. The van der Waals surface area contributed by atoms with Gasteiger partial charge in [0.05, 0.1) is 18.8 Å². The second-order valence-corrected chi connectivity index (χ2v) is 7.56. The lowest BCUT2D eigenvalue weighted by atomic mass is 10.0. The molecular formula is C18H34N2O2. The predicted octanol–water partition coefficient (Wildman–Crippen LogP) is 2.57. The van der Waals surface area contributed by atoms with E-state index in [0.29, 0.717) is 30.6 Å². The maximum absolute atomic E-state index is 11.8. The van der Waals surface area contributed by atoms with E-state index in [-0.39, 0.29) is 5.92 Å². The summed E-state index contributed by atoms with van der Waals surface area (Å²) in [4.78, 5) is 16.7. The molecule has 128 valence electrons. The lowest BCUT2D eigenvalue weighted by molar-refractivity contribution is -0.124. The minimum absolute atomic E-state index is 0.153. The van der Waals surface area contributed by atoms with Crippen LogP contribution in [0.2, 0.25) is 0 Å². The molecule has 22 heavy (non-hydrogen) atoms. The molecule has 4 heteroatoms. The van der Waals surface area contributed by atoms with Crippen LogP contribution in [0.15, 0.2) is 0 Å². The third-order valence-electron chi connectivity index (χ3n) is 5.15. The number of piperidine rings is 2. The van der Waals surface area contributed by atoms with E-state index in [2.05, 4.69) is 23.6 Å². The standard InChI is InChI=1S/C18H34N2O2/c1-14(2)18(21)13-19-9-5-16(6-10-19)22-17-7-11-20(12-8-17)15(3)4/h14-17H,5-13H2,1-4H3. The second-order valence-electron chi connectivity index (χ2n) is 7.56. The molecule has 0 aromatic heterocycles. The van der Waals surface area contributed by atoms with Crippen LogP contribution in [0.4, 0.5) is 0 Å². The number of ketones is 1. The number of ether oxygens (including phenoxy) is 1. The Bertz CT molecular complexity index is 341. The van der Waals surface area contributed by atoms with Crippen molar-refractivity contribution in [3.05, 3.63) is 0 Å². The lowest BCUT2D eigenvalue weighted by Crippen LogP contribution is -2.44. The van der Waals surface area contributed by atoms with Gasteiger partial charge in [0.25, 0.3) is 0 Å². The minimum atomic E-state index is 0.153. The Morgan fingerprint density at radius 2 is 1.45 bits per heavy atom. The van der Waals surface area contributed by atoms with Gasteiger partial charge in [-0.2, -0.15) is 0 Å². The highest BCUT2D eigenvalue weighted by Gasteiger charge is 2.27. The molecule has 2 aliphatic rings. The van der Waals surface area contributed by atoms with E-state index in [1.54, 1.807) is 0 Å². The fourth-order valence-corrected chi connectivity index (χ4v) is 3.41. The highest BCUT2D eigenvalue weighted by atomic mass is 16.5. The van der Waals surface area contributed by atoms with Crippen molar-refractivity contribution in [1.82, 2.24) is 9.80 Å². The largest absolute Gasteiger partial charge is 0.375 e. The zero-order valence-electron chi connectivity index (χ0n) is 14.9. The Kier molecular flexibility index (Phi) is 6.85. The molecule has 0 N–H and O–H groups in total. The predicted molar refractivity (Wildman–Crippen MR) is 90.1 cm³/mol. The smallest absolute Gasteiger partial charge is 0.149 e. The molecule has 2 heterocycles. The fraction of sp³-hybridized carbons (Fsp3) is 0.944. The quantitative estimate of drug-likeness (QED) is 0.755. The van der Waals surface area contributed by atoms with E-state index in [9.17, 15) is 4.79 Å². The van der Waals surface area contributed by atoms with Crippen molar-refractivity contribution in [2.24, 2.45) is 5.92 Å². The Balaban J connectivity index is 1.65. The van der Waals surface area contributed by atoms with Crippen LogP contribution in [-0.2, 0) is 9.53 Å². The van der Waals surface area contributed by atoms with E-state index >= 15 is 0 Å². The Morgan fingerprint density at radius 1 is 0.955 bits per heavy atom. The van der Waals surface area contributed by atoms with Crippen molar-refractivity contribution in [2.45, 2.75) is 71.6 Å². The van der Waals surface area contributed by atoms with Crippen LogP contribution >= 0.6 is 0 Å². The molecule has 4 nitrogen and oxygen atoms in total. The molecule has 2 saturated heterocycles. The second kappa shape index (κ2) is 8.42. The number of Topliss-reactive ketones (excluding diaryl/α,β-unsaturated/α-hetero) is 1. The summed E-state index contributed by atoms with van der Waals surface area (Å²) in [6.07, 6.45) is 5.35. The van der Waals surface area contributed by atoms with Crippen molar-refractivity contribution >= 4 is 5.78 Å². The number of hydrogen-bond acceptors (Lipinski definition) is 4. The number of hydrogen-bond donors (Lipinski definition) is 0. The van der Waals surface area contributed by atoms with Gasteiger partial charge in [-0.15, -0.1) is 0 Å². The molecule has 0 aliphatic carbocycles. The van der Waals surface area contributed by atoms with E-state index < -0.39 is 0 Å². The lowest BCUT2D eigenvalue weighted by Gasteiger charge is -2.38. The van der Waals surface area contributed by atoms with Crippen LogP contribution in [0.25, 0.3) is 0 Å². The SMILES string of the molecule is CC(C)C(=O)CN1CCC(OC2CCN(C(C)C)CC2)CC1. The topological polar surface area (TPSA) is 32.8 Å². The van der Waals surface area contributed by atoms with Crippen LogP contribution < -0.4 is 0 Å². The first-order valence-electron chi connectivity index (χ1n) is 9.10. The van der Waals surface area contributed by atoms with Crippen LogP contribution in [0.1, 0.15) is 53.4 Å². The molecule has 2 rings (SSSR count). The van der Waals surface area contributed by atoms with Gasteiger partial charge in [0.15, 0.2) is 0 Å². The summed E-state index contributed by atoms with van der Waals surface area (Å²) in [5, 5.41) is 0. The molecule has 0 saturated carbocycles. The van der Waals surface area contributed by atoms with E-state index in [1.807, 2.05) is 13.8 Å². The maximum atomic E-state index is 11.8. The molecule has 0 bridgehead atoms. The van der Waals surface area contributed by atoms with Gasteiger partial charge >= 0.3 is 0 Å². The molecule has 0 unspecified atom stereocenters. The van der Waals surface area contributed by atoms with Gasteiger partial charge in [-0.3, -0.25) is 9.69 Å². The summed E-state index contributed by atoms with van der Waals surface area (Å²) in [5.41, 5.74) is 0. The number of carbonyl (C=O) groups is 1. The first-order valence-corrected chi connectivity index (χ1v) is 9.10. The summed E-state index contributed by atoms with van der Waals surface area (Å²) in [6, 6.07) is 0.655. The molecule has 0 aromatic carbocycles. The van der Waals surface area contributed by atoms with Gasteiger partial charge in [-0.25, -0.2) is 0 Å². The molecule has 2 fully saturated rings. The Hall–Kier alpha value is -0.450. The average Bonchev–Trinajstić information content (AvgIpc) is 2.49. The van der Waals surface area contributed by atoms with Gasteiger partial charge in [0.2, 0.25) is 0 Å². The van der Waals surface area contributed by atoms with E-state index in [4.69, 9.17) is 4.74 Å². The van der Waals surface area contributed by atoms with Crippen molar-refractivity contribution in [3.8, 4) is 0 Å². The number of rotatable bonds is 6. The van der Waals surface area contributed by atoms with Gasteiger partial charge in [-0.05, 0) is 39.5 Å². The Labute approximate surface area is 136 Å². The zero-order valence-corrected chi connectivity index (χ0v) is 14.9. The average molecular weight is 310 g/mol. The van der Waals surface area contributed by atoms with Crippen LogP contribution in [0.3, 0.4) is 0 Å². The Morgan fingerprint density at radius 3 is 1.91 bits per heavy atom. The first kappa shape index (κ1) is 17.9. The zero-order chi connectivity index (χ0) is 16.1. The van der Waals surface area contributed by atoms with Gasteiger partial charge in [0.1, 0.15) is 5.78 Å².